The van der Waals surface area contributed by atoms with Crippen molar-refractivity contribution in [1.82, 2.24) is 15.5 Å². The van der Waals surface area contributed by atoms with Crippen molar-refractivity contribution < 1.29 is 42.5 Å². The third-order valence-electron chi connectivity index (χ3n) is 4.89. The normalized spacial score (nSPS) is 20.6. The predicted molar refractivity (Wildman–Crippen MR) is 129 cm³/mol. The Balaban J connectivity index is 1.86. The number of β-lactam (4-membered cyclic amide) rings is 1. The molecule has 1 saturated heterocycles. The van der Waals surface area contributed by atoms with Gasteiger partial charge in [0.25, 0.3) is 5.91 Å². The van der Waals surface area contributed by atoms with Crippen LogP contribution in [0.5, 0.6) is 0 Å². The number of ether oxygens (including phenoxy) is 1. The molecule has 196 valence electrons. The molecule has 3 atom stereocenters. The fourth-order valence-electron chi connectivity index (χ4n) is 3.56. The Morgan fingerprint density at radius 1 is 1.25 bits per heavy atom. The van der Waals surface area contributed by atoms with Crippen molar-refractivity contribution in [2.75, 3.05) is 16.7 Å². The first-order valence-corrected chi connectivity index (χ1v) is 13.5. The molecule has 3 rings (SSSR count). The summed E-state index contributed by atoms with van der Waals surface area (Å²) in [5.41, 5.74) is -1.10. The van der Waals surface area contributed by atoms with Gasteiger partial charge in [0.1, 0.15) is 28.8 Å². The van der Waals surface area contributed by atoms with E-state index in [0.29, 0.717) is 0 Å². The fraction of sp³-hybridized carbons (Fsp3) is 0.429. The number of alkyl carbamates (subject to hydrolysis) is 1. The van der Waals surface area contributed by atoms with Gasteiger partial charge in [-0.05, 0) is 38.5 Å². The van der Waals surface area contributed by atoms with Crippen LogP contribution in [0.4, 0.5) is 10.5 Å². The van der Waals surface area contributed by atoms with Gasteiger partial charge in [0, 0.05) is 5.69 Å². The monoisotopic (exact) mass is 542 g/mol. The number of anilines is 1. The number of fused-ring (bicyclic) bond motifs is 1. The molecule has 2 heterocycles. The average Bonchev–Trinajstić information content (AvgIpc) is 2.73. The van der Waals surface area contributed by atoms with Crippen LogP contribution in [0, 0.1) is 0 Å². The number of carboxylic acids is 1. The van der Waals surface area contributed by atoms with E-state index in [-0.39, 0.29) is 17.0 Å². The summed E-state index contributed by atoms with van der Waals surface area (Å²) in [5, 5.41) is 23.4. The number of carbonyl (C=O) groups excluding carboxylic acids is 3. The van der Waals surface area contributed by atoms with Crippen LogP contribution in [0.15, 0.2) is 35.7 Å². The number of amides is 3. The highest BCUT2D eigenvalue weighted by Crippen LogP contribution is 2.39. The zero-order valence-corrected chi connectivity index (χ0v) is 21.4. The highest BCUT2D eigenvalue weighted by atomic mass is 32.2. The fourth-order valence-corrected chi connectivity index (χ4v) is 5.32. The number of carbonyl (C=O) groups is 4. The molecule has 1 aromatic rings. The number of aliphatic hydroxyl groups is 1. The number of sulfonamides is 1. The summed E-state index contributed by atoms with van der Waals surface area (Å²) >= 11 is 1.06. The second-order valence-corrected chi connectivity index (χ2v) is 11.9. The number of thioether (sulfide) groups is 1. The summed E-state index contributed by atoms with van der Waals surface area (Å²) in [4.78, 5) is 50.8. The molecule has 15 heteroatoms. The molecule has 0 aliphatic carbocycles. The van der Waals surface area contributed by atoms with Crippen molar-refractivity contribution in [3.05, 3.63) is 41.3 Å². The topological polar surface area (TPSA) is 191 Å². The van der Waals surface area contributed by atoms with Crippen molar-refractivity contribution in [2.45, 2.75) is 43.8 Å². The van der Waals surface area contributed by atoms with E-state index in [1.165, 1.54) is 24.3 Å². The number of benzene rings is 1. The molecule has 1 fully saturated rings. The van der Waals surface area contributed by atoms with Crippen molar-refractivity contribution in [2.24, 2.45) is 0 Å². The SMILES string of the molecule is CC(C)(C)OC(=O)NC(C(=O)N[C@@H]1C(=O)N2C(C(=O)O)=C(O)CS[C@@H]12)c1cccc(NS(C)(=O)=O)c1. The van der Waals surface area contributed by atoms with Crippen LogP contribution in [0.2, 0.25) is 0 Å². The Bertz CT molecular complexity index is 1240. The molecule has 2 aliphatic rings. The number of aliphatic hydroxyl groups excluding tert-OH is 1. The Hall–Kier alpha value is -3.46. The number of nitrogens with zero attached hydrogens (tertiary/aromatic N) is 1. The summed E-state index contributed by atoms with van der Waals surface area (Å²) in [5.74, 6) is -3.56. The minimum Gasteiger partial charge on any atom is -0.509 e. The lowest BCUT2D eigenvalue weighted by Crippen LogP contribution is -2.71. The molecule has 13 nitrogen and oxygen atoms in total. The summed E-state index contributed by atoms with van der Waals surface area (Å²) in [7, 11) is -3.63. The van der Waals surface area contributed by atoms with Crippen molar-refractivity contribution >= 4 is 51.3 Å². The van der Waals surface area contributed by atoms with E-state index in [2.05, 4.69) is 15.4 Å². The first-order valence-electron chi connectivity index (χ1n) is 10.5. The molecule has 2 aliphatic heterocycles. The zero-order chi connectivity index (χ0) is 27.0. The van der Waals surface area contributed by atoms with Crippen LogP contribution in [-0.2, 0) is 29.1 Å². The average molecular weight is 543 g/mol. The van der Waals surface area contributed by atoms with Crippen molar-refractivity contribution in [3.8, 4) is 0 Å². The summed E-state index contributed by atoms with van der Waals surface area (Å²) < 4.78 is 30.8. The molecule has 5 N–H and O–H groups in total. The highest BCUT2D eigenvalue weighted by Gasteiger charge is 2.55. The van der Waals surface area contributed by atoms with Crippen LogP contribution in [0.1, 0.15) is 32.4 Å². The largest absolute Gasteiger partial charge is 0.509 e. The number of nitrogens with one attached hydrogen (secondary N) is 3. The molecule has 0 bridgehead atoms. The van der Waals surface area contributed by atoms with Crippen LogP contribution in [0.25, 0.3) is 0 Å². The molecule has 3 amide bonds. The molecule has 1 unspecified atom stereocenters. The van der Waals surface area contributed by atoms with Gasteiger partial charge in [-0.2, -0.15) is 0 Å². The zero-order valence-electron chi connectivity index (χ0n) is 19.8. The standard InChI is InChI=1S/C21H26N4O9S2/c1-21(2,3)34-20(31)23-13(10-6-5-7-11(8-10)24-36(4,32)33)16(27)22-14-17(28)25-15(19(29)30)12(26)9-35-18(14)25/h5-8,13-14,18,24,26H,9H2,1-4H3,(H,22,27)(H,23,31)(H,29,30)/t13?,14-,18+/m1/s1. The quantitative estimate of drug-likeness (QED) is 0.309. The lowest BCUT2D eigenvalue weighted by atomic mass is 10.0. The summed E-state index contributed by atoms with van der Waals surface area (Å²) in [6, 6.07) is 3.23. The van der Waals surface area contributed by atoms with Crippen LogP contribution in [-0.4, -0.2) is 76.4 Å². The van der Waals surface area contributed by atoms with Crippen LogP contribution < -0.4 is 15.4 Å². The summed E-state index contributed by atoms with van der Waals surface area (Å²) in [6.45, 7) is 4.88. The molecule has 0 radical (unpaired) electrons. The van der Waals surface area contributed by atoms with E-state index in [9.17, 15) is 37.8 Å². The maximum absolute atomic E-state index is 13.3. The Morgan fingerprint density at radius 2 is 1.92 bits per heavy atom. The number of aliphatic carboxylic acids is 1. The molecule has 36 heavy (non-hydrogen) atoms. The third-order valence-corrected chi connectivity index (χ3v) is 6.77. The van der Waals surface area contributed by atoms with E-state index in [1.807, 2.05) is 0 Å². The number of hydrogen-bond donors (Lipinski definition) is 5. The maximum Gasteiger partial charge on any atom is 0.408 e. The van der Waals surface area contributed by atoms with Gasteiger partial charge in [-0.1, -0.05) is 12.1 Å². The van der Waals surface area contributed by atoms with E-state index in [1.54, 1.807) is 20.8 Å². The minimum atomic E-state index is -3.63. The van der Waals surface area contributed by atoms with E-state index in [0.717, 1.165) is 22.9 Å². The molecule has 0 spiro atoms. The van der Waals surface area contributed by atoms with Crippen molar-refractivity contribution in [3.63, 3.8) is 0 Å². The van der Waals surface area contributed by atoms with E-state index >= 15 is 0 Å². The molecule has 0 aromatic heterocycles. The molecule has 0 saturated carbocycles. The van der Waals surface area contributed by atoms with Gasteiger partial charge >= 0.3 is 12.1 Å². The Labute approximate surface area is 211 Å². The van der Waals surface area contributed by atoms with Crippen LogP contribution in [0.3, 0.4) is 0 Å². The third kappa shape index (κ3) is 6.20. The lowest BCUT2D eigenvalue weighted by molar-refractivity contribution is -0.151. The smallest absolute Gasteiger partial charge is 0.408 e. The van der Waals surface area contributed by atoms with Crippen LogP contribution >= 0.6 is 11.8 Å². The second-order valence-electron chi connectivity index (χ2n) is 9.08. The van der Waals surface area contributed by atoms with Gasteiger partial charge in [-0.3, -0.25) is 19.2 Å². The lowest BCUT2D eigenvalue weighted by Gasteiger charge is -2.48. The van der Waals surface area contributed by atoms with Gasteiger partial charge in [-0.25, -0.2) is 18.0 Å². The Kier molecular flexibility index (Phi) is 7.45. The van der Waals surface area contributed by atoms with Gasteiger partial charge in [0.15, 0.2) is 5.70 Å². The molecule has 1 aromatic carbocycles. The highest BCUT2D eigenvalue weighted by molar-refractivity contribution is 8.00. The van der Waals surface area contributed by atoms with E-state index < -0.39 is 68.4 Å². The predicted octanol–water partition coefficient (Wildman–Crippen LogP) is 0.878. The first kappa shape index (κ1) is 27.1. The minimum absolute atomic E-state index is 0.0682. The number of hydrogen-bond acceptors (Lipinski definition) is 9. The number of carboxylic acid groups (broad SMARTS) is 1. The van der Waals surface area contributed by atoms with Gasteiger partial charge < -0.3 is 25.6 Å². The molecular weight excluding hydrogens is 516 g/mol. The van der Waals surface area contributed by atoms with Gasteiger partial charge in [0.2, 0.25) is 15.9 Å². The Morgan fingerprint density at radius 3 is 2.50 bits per heavy atom. The van der Waals surface area contributed by atoms with Crippen molar-refractivity contribution in [1.29, 1.82) is 0 Å². The summed E-state index contributed by atoms with van der Waals surface area (Å²) in [6.07, 6.45) is 0.0229. The maximum atomic E-state index is 13.3. The first-order chi connectivity index (χ1) is 16.6. The molecular formula is C21H26N4O9S2. The van der Waals surface area contributed by atoms with Gasteiger partial charge in [-0.15, -0.1) is 11.8 Å². The van der Waals surface area contributed by atoms with Gasteiger partial charge in [0.05, 0.1) is 12.0 Å². The number of rotatable bonds is 7. The van der Waals surface area contributed by atoms with E-state index in [4.69, 9.17) is 4.74 Å². The second kappa shape index (κ2) is 9.89.